The second-order valence-electron chi connectivity index (χ2n) is 3.40. The van der Waals surface area contributed by atoms with Crippen LogP contribution in [0.4, 0.5) is 0 Å². The van der Waals surface area contributed by atoms with Crippen molar-refractivity contribution < 1.29 is 15.6 Å². The molecule has 3 N–H and O–H groups in total. The van der Waals surface area contributed by atoms with Gasteiger partial charge in [-0.3, -0.25) is 0 Å². The molecule has 78 valence electrons. The van der Waals surface area contributed by atoms with Gasteiger partial charge in [0.2, 0.25) is 0 Å². The number of hydrogen-bond donors (Lipinski definition) is 1. The van der Waals surface area contributed by atoms with Crippen LogP contribution in [0.2, 0.25) is 0 Å². The summed E-state index contributed by atoms with van der Waals surface area (Å²) in [6, 6.07) is 4.90. The van der Waals surface area contributed by atoms with E-state index in [1.165, 1.54) is 0 Å². The maximum absolute atomic E-state index is 10.6. The van der Waals surface area contributed by atoms with E-state index in [4.69, 9.17) is 0 Å². The average molecular weight is 205 g/mol. The molecule has 0 saturated heterocycles. The topological polar surface area (TPSA) is 85.6 Å². The first-order chi connectivity index (χ1) is 7.18. The Morgan fingerprint density at radius 1 is 1.60 bits per heavy atom. The summed E-state index contributed by atoms with van der Waals surface area (Å²) in [5, 5.41) is 11.5. The highest BCUT2D eigenvalue weighted by Gasteiger charge is 2.10. The van der Waals surface area contributed by atoms with E-state index < -0.39 is 12.0 Å². The van der Waals surface area contributed by atoms with Gasteiger partial charge in [-0.25, -0.2) is 4.98 Å². The van der Waals surface area contributed by atoms with E-state index in [0.29, 0.717) is 0 Å². The summed E-state index contributed by atoms with van der Waals surface area (Å²) in [6.07, 6.45) is 3.48. The van der Waals surface area contributed by atoms with Crippen LogP contribution in [-0.2, 0) is 11.3 Å². The Balaban J connectivity index is 2.32. The SMILES string of the molecule is [NH3+][C@@H](Cn1ccc2cccnc21)C(=O)[O-]. The highest BCUT2D eigenvalue weighted by molar-refractivity contribution is 5.76. The molecule has 0 amide bonds. The van der Waals surface area contributed by atoms with E-state index in [1.807, 2.05) is 18.2 Å². The second-order valence-corrected chi connectivity index (χ2v) is 3.40. The summed E-state index contributed by atoms with van der Waals surface area (Å²) in [5.41, 5.74) is 4.28. The van der Waals surface area contributed by atoms with Crippen molar-refractivity contribution in [3.63, 3.8) is 0 Å². The van der Waals surface area contributed by atoms with Crippen LogP contribution in [0, 0.1) is 0 Å². The van der Waals surface area contributed by atoms with Gasteiger partial charge in [-0.05, 0) is 18.2 Å². The minimum atomic E-state index is -1.15. The Hall–Kier alpha value is -1.88. The molecule has 0 saturated carbocycles. The largest absolute Gasteiger partial charge is 0.544 e. The zero-order chi connectivity index (χ0) is 10.8. The van der Waals surface area contributed by atoms with Crippen molar-refractivity contribution in [1.29, 1.82) is 0 Å². The highest BCUT2D eigenvalue weighted by Crippen LogP contribution is 2.11. The summed E-state index contributed by atoms with van der Waals surface area (Å²) < 4.78 is 1.77. The molecular formula is C10H11N3O2. The lowest BCUT2D eigenvalue weighted by molar-refractivity contribution is -0.439. The van der Waals surface area contributed by atoms with Crippen LogP contribution < -0.4 is 10.8 Å². The quantitative estimate of drug-likeness (QED) is 0.654. The first kappa shape index (κ1) is 9.67. The minimum absolute atomic E-state index is 0.281. The lowest BCUT2D eigenvalue weighted by atomic mass is 10.3. The number of aliphatic carboxylic acids is 1. The van der Waals surface area contributed by atoms with Crippen LogP contribution in [-0.4, -0.2) is 21.6 Å². The summed E-state index contributed by atoms with van der Waals surface area (Å²) in [6.45, 7) is 0.281. The number of quaternary nitrogens is 1. The molecule has 15 heavy (non-hydrogen) atoms. The molecule has 0 aromatic carbocycles. The smallest absolute Gasteiger partial charge is 0.143 e. The lowest BCUT2D eigenvalue weighted by Gasteiger charge is -2.10. The van der Waals surface area contributed by atoms with Crippen molar-refractivity contribution in [3.8, 4) is 0 Å². The number of carbonyl (C=O) groups excluding carboxylic acids is 1. The monoisotopic (exact) mass is 205 g/mol. The Labute approximate surface area is 86.1 Å². The molecule has 0 radical (unpaired) electrons. The third kappa shape index (κ3) is 1.82. The highest BCUT2D eigenvalue weighted by atomic mass is 16.4. The van der Waals surface area contributed by atoms with Crippen molar-refractivity contribution in [3.05, 3.63) is 30.6 Å². The molecule has 1 atom stereocenters. The van der Waals surface area contributed by atoms with Gasteiger partial charge < -0.3 is 20.2 Å². The van der Waals surface area contributed by atoms with Crippen LogP contribution in [0.25, 0.3) is 11.0 Å². The number of fused-ring (bicyclic) bond motifs is 1. The maximum Gasteiger partial charge on any atom is 0.143 e. The Morgan fingerprint density at radius 2 is 2.40 bits per heavy atom. The van der Waals surface area contributed by atoms with Gasteiger partial charge >= 0.3 is 0 Å². The van der Waals surface area contributed by atoms with Crippen LogP contribution in [0.5, 0.6) is 0 Å². The molecular weight excluding hydrogens is 194 g/mol. The molecule has 2 rings (SSSR count). The van der Waals surface area contributed by atoms with Crippen molar-refractivity contribution in [2.75, 3.05) is 0 Å². The second kappa shape index (κ2) is 3.70. The van der Waals surface area contributed by atoms with Gasteiger partial charge in [-0.2, -0.15) is 0 Å². The third-order valence-electron chi connectivity index (χ3n) is 2.27. The molecule has 0 aliphatic rings. The van der Waals surface area contributed by atoms with Crippen molar-refractivity contribution >= 4 is 17.0 Å². The van der Waals surface area contributed by atoms with Gasteiger partial charge in [0.25, 0.3) is 0 Å². The molecule has 0 unspecified atom stereocenters. The molecule has 0 aliphatic heterocycles. The molecule has 0 spiro atoms. The van der Waals surface area contributed by atoms with E-state index in [1.54, 1.807) is 17.0 Å². The number of carboxylic acids is 1. The van der Waals surface area contributed by atoms with Gasteiger partial charge in [0, 0.05) is 17.8 Å². The number of hydrogen-bond acceptors (Lipinski definition) is 3. The molecule has 0 aliphatic carbocycles. The van der Waals surface area contributed by atoms with Gasteiger partial charge in [-0.15, -0.1) is 0 Å². The number of rotatable bonds is 3. The van der Waals surface area contributed by atoms with Gasteiger partial charge in [0.05, 0.1) is 6.54 Å². The molecule has 5 nitrogen and oxygen atoms in total. The van der Waals surface area contributed by atoms with E-state index in [2.05, 4.69) is 10.7 Å². The molecule has 0 bridgehead atoms. The average Bonchev–Trinajstić information content (AvgIpc) is 2.62. The first-order valence-corrected chi connectivity index (χ1v) is 4.62. The fourth-order valence-electron chi connectivity index (χ4n) is 1.48. The van der Waals surface area contributed by atoms with Crippen molar-refractivity contribution in [1.82, 2.24) is 9.55 Å². The van der Waals surface area contributed by atoms with Crippen LogP contribution in [0.3, 0.4) is 0 Å². The Kier molecular flexibility index (Phi) is 2.39. The number of nitrogens with zero attached hydrogens (tertiary/aromatic N) is 2. The van der Waals surface area contributed by atoms with E-state index >= 15 is 0 Å². The maximum atomic E-state index is 10.6. The predicted molar refractivity (Wildman–Crippen MR) is 51.4 cm³/mol. The van der Waals surface area contributed by atoms with Gasteiger partial charge in [0.1, 0.15) is 17.7 Å². The molecule has 0 fully saturated rings. The number of carbonyl (C=O) groups is 1. The van der Waals surface area contributed by atoms with Crippen LogP contribution >= 0.6 is 0 Å². The Morgan fingerprint density at radius 3 is 3.13 bits per heavy atom. The van der Waals surface area contributed by atoms with Gasteiger partial charge in [0.15, 0.2) is 0 Å². The molecule has 2 aromatic rings. The zero-order valence-electron chi connectivity index (χ0n) is 8.09. The third-order valence-corrected chi connectivity index (χ3v) is 2.27. The number of aromatic nitrogens is 2. The minimum Gasteiger partial charge on any atom is -0.544 e. The van der Waals surface area contributed by atoms with Crippen molar-refractivity contribution in [2.45, 2.75) is 12.6 Å². The van der Waals surface area contributed by atoms with E-state index in [9.17, 15) is 9.90 Å². The first-order valence-electron chi connectivity index (χ1n) is 4.62. The zero-order valence-corrected chi connectivity index (χ0v) is 8.09. The fraction of sp³-hybridized carbons (Fsp3) is 0.200. The summed E-state index contributed by atoms with van der Waals surface area (Å²) in [5.74, 6) is -1.15. The van der Waals surface area contributed by atoms with E-state index in [0.717, 1.165) is 11.0 Å². The molecule has 5 heteroatoms. The molecule has 2 heterocycles. The normalized spacial score (nSPS) is 12.9. The van der Waals surface area contributed by atoms with Crippen LogP contribution in [0.15, 0.2) is 30.6 Å². The Bertz CT molecular complexity index is 492. The predicted octanol–water partition coefficient (Wildman–Crippen LogP) is -1.60. The van der Waals surface area contributed by atoms with E-state index in [-0.39, 0.29) is 6.54 Å². The fourth-order valence-corrected chi connectivity index (χ4v) is 1.48. The lowest BCUT2D eigenvalue weighted by Crippen LogP contribution is -2.69. The number of pyridine rings is 1. The summed E-state index contributed by atoms with van der Waals surface area (Å²) in [7, 11) is 0. The summed E-state index contributed by atoms with van der Waals surface area (Å²) >= 11 is 0. The van der Waals surface area contributed by atoms with Gasteiger partial charge in [-0.1, -0.05) is 0 Å². The number of carboxylic acid groups (broad SMARTS) is 1. The standard InChI is InChI=1S/C10H11N3O2/c11-8(10(14)15)6-13-5-3-7-2-1-4-12-9(7)13/h1-5,8H,6,11H2,(H,14,15)/t8-/m0/s1. The molecule has 2 aromatic heterocycles. The van der Waals surface area contributed by atoms with Crippen molar-refractivity contribution in [2.24, 2.45) is 0 Å². The summed E-state index contributed by atoms with van der Waals surface area (Å²) in [4.78, 5) is 14.7. The van der Waals surface area contributed by atoms with Crippen LogP contribution in [0.1, 0.15) is 0 Å².